The van der Waals surface area contributed by atoms with Crippen molar-refractivity contribution in [3.05, 3.63) is 122 Å². The second-order valence-corrected chi connectivity index (χ2v) is 23.8. The molecule has 4 aromatic carbocycles. The lowest BCUT2D eigenvalue weighted by molar-refractivity contribution is 0.399. The van der Waals surface area contributed by atoms with Gasteiger partial charge in [0.25, 0.3) is 0 Å². The molecule has 0 saturated heterocycles. The van der Waals surface area contributed by atoms with Gasteiger partial charge in [-0.05, 0) is 92.7 Å². The Kier molecular flexibility index (Phi) is 8.87. The SMILES string of the molecule is COc1c(C(C)(C)C)cc2c(c1-c1ccccc1)C=C(C)C2[Si](C)(C)C1C(C)=Cc2c(-c3cc(C(C)(C)C)cc(C(C)(C)C)c3)ccc(C)c21. The summed E-state index contributed by atoms with van der Waals surface area (Å²) in [5.74, 6) is 1.02. The van der Waals surface area contributed by atoms with Crippen molar-refractivity contribution in [3.63, 3.8) is 0 Å². The van der Waals surface area contributed by atoms with Crippen LogP contribution in [0, 0.1) is 6.92 Å². The van der Waals surface area contributed by atoms with E-state index in [0.29, 0.717) is 11.1 Å². The first kappa shape index (κ1) is 36.2. The Bertz CT molecular complexity index is 2000. The van der Waals surface area contributed by atoms with Crippen LogP contribution < -0.4 is 4.74 Å². The number of hydrogen-bond donors (Lipinski definition) is 0. The molecule has 0 aromatic heterocycles. The van der Waals surface area contributed by atoms with Gasteiger partial charge in [-0.3, -0.25) is 0 Å². The number of ether oxygens (including phenoxy) is 1. The quantitative estimate of drug-likeness (QED) is 0.191. The zero-order valence-corrected chi connectivity index (χ0v) is 34.6. The highest BCUT2D eigenvalue weighted by Gasteiger charge is 2.48. The van der Waals surface area contributed by atoms with Crippen LogP contribution in [0.25, 0.3) is 34.4 Å². The fourth-order valence-electron chi connectivity index (χ4n) is 9.15. The van der Waals surface area contributed by atoms with Crippen LogP contribution in [0.15, 0.2) is 77.9 Å². The second kappa shape index (κ2) is 12.3. The molecule has 0 N–H and O–H groups in total. The zero-order valence-electron chi connectivity index (χ0n) is 33.6. The molecule has 0 aliphatic heterocycles. The first-order chi connectivity index (χ1) is 23.2. The van der Waals surface area contributed by atoms with Crippen molar-refractivity contribution < 1.29 is 4.74 Å². The van der Waals surface area contributed by atoms with E-state index in [2.05, 4.69) is 175 Å². The molecule has 1 nitrogen and oxygen atoms in total. The molecule has 2 aliphatic rings. The molecule has 4 aromatic rings. The van der Waals surface area contributed by atoms with E-state index < -0.39 is 8.07 Å². The van der Waals surface area contributed by atoms with Gasteiger partial charge in [-0.2, -0.15) is 0 Å². The Labute approximate surface area is 304 Å². The minimum Gasteiger partial charge on any atom is -0.496 e. The molecule has 6 rings (SSSR count). The van der Waals surface area contributed by atoms with Crippen LogP contribution in [-0.2, 0) is 16.2 Å². The Balaban J connectivity index is 1.56. The maximum absolute atomic E-state index is 6.30. The van der Waals surface area contributed by atoms with E-state index in [1.807, 2.05) is 7.11 Å². The molecule has 262 valence electrons. The first-order valence-corrected chi connectivity index (χ1v) is 21.8. The third kappa shape index (κ3) is 6.06. The van der Waals surface area contributed by atoms with E-state index in [4.69, 9.17) is 4.74 Å². The van der Waals surface area contributed by atoms with E-state index >= 15 is 0 Å². The number of allylic oxidation sites excluding steroid dienone is 2. The first-order valence-electron chi connectivity index (χ1n) is 18.6. The molecule has 0 spiro atoms. The number of hydrogen-bond acceptors (Lipinski definition) is 1. The van der Waals surface area contributed by atoms with E-state index in [0.717, 1.165) is 5.75 Å². The Morgan fingerprint density at radius 1 is 0.600 bits per heavy atom. The van der Waals surface area contributed by atoms with Gasteiger partial charge >= 0.3 is 0 Å². The van der Waals surface area contributed by atoms with Gasteiger partial charge in [0, 0.05) is 22.2 Å². The molecule has 2 atom stereocenters. The van der Waals surface area contributed by atoms with Crippen molar-refractivity contribution >= 4 is 20.2 Å². The molecule has 0 fully saturated rings. The molecule has 0 heterocycles. The van der Waals surface area contributed by atoms with Gasteiger partial charge in [-0.1, -0.05) is 165 Å². The van der Waals surface area contributed by atoms with Crippen LogP contribution in [-0.4, -0.2) is 15.2 Å². The van der Waals surface area contributed by atoms with Crippen molar-refractivity contribution in [1.82, 2.24) is 0 Å². The van der Waals surface area contributed by atoms with Crippen molar-refractivity contribution in [1.29, 1.82) is 0 Å². The maximum atomic E-state index is 6.30. The van der Waals surface area contributed by atoms with Crippen LogP contribution in [0.2, 0.25) is 13.1 Å². The number of methoxy groups -OCH3 is 1. The minimum absolute atomic E-state index is 0.0641. The van der Waals surface area contributed by atoms with E-state index in [1.54, 1.807) is 5.56 Å². The molecule has 0 bridgehead atoms. The summed E-state index contributed by atoms with van der Waals surface area (Å²) in [7, 11) is -0.270. The van der Waals surface area contributed by atoms with Crippen LogP contribution in [0.5, 0.6) is 5.75 Å². The Morgan fingerprint density at radius 3 is 1.70 bits per heavy atom. The molecule has 0 radical (unpaired) electrons. The summed E-state index contributed by atoms with van der Waals surface area (Å²) in [5.41, 5.74) is 20.5. The van der Waals surface area contributed by atoms with Crippen LogP contribution in [0.3, 0.4) is 0 Å². The smallest absolute Gasteiger partial charge is 0.131 e. The third-order valence-corrected chi connectivity index (χ3v) is 16.1. The van der Waals surface area contributed by atoms with E-state index in [1.165, 1.54) is 72.3 Å². The fourth-order valence-corrected chi connectivity index (χ4v) is 14.2. The highest BCUT2D eigenvalue weighted by Crippen LogP contribution is 2.57. The minimum atomic E-state index is -2.11. The molecule has 2 aliphatic carbocycles. The molecule has 2 unspecified atom stereocenters. The second-order valence-electron chi connectivity index (χ2n) is 19.0. The summed E-state index contributed by atoms with van der Waals surface area (Å²) in [6.07, 6.45) is 5.05. The van der Waals surface area contributed by atoms with Crippen LogP contribution in [0.4, 0.5) is 0 Å². The van der Waals surface area contributed by atoms with Crippen molar-refractivity contribution in [2.75, 3.05) is 7.11 Å². The lowest BCUT2D eigenvalue weighted by Gasteiger charge is -2.40. The van der Waals surface area contributed by atoms with E-state index in [9.17, 15) is 0 Å². The normalized spacial score (nSPS) is 17.7. The number of aryl methyl sites for hydroxylation is 1. The average Bonchev–Trinajstić information content (AvgIpc) is 3.56. The molecule has 0 saturated carbocycles. The lowest BCUT2D eigenvalue weighted by atomic mass is 9.78. The van der Waals surface area contributed by atoms with Gasteiger partial charge < -0.3 is 4.74 Å². The number of rotatable bonds is 5. The predicted molar refractivity (Wildman–Crippen MR) is 221 cm³/mol. The summed E-state index contributed by atoms with van der Waals surface area (Å²) in [6, 6.07) is 25.6. The van der Waals surface area contributed by atoms with Crippen molar-refractivity contribution in [3.8, 4) is 28.0 Å². The third-order valence-electron chi connectivity index (χ3n) is 11.7. The summed E-state index contributed by atoms with van der Waals surface area (Å²) in [4.78, 5) is 0. The molecule has 2 heteroatoms. The van der Waals surface area contributed by atoms with Gasteiger partial charge in [0.05, 0.1) is 15.2 Å². The Morgan fingerprint density at radius 2 is 1.16 bits per heavy atom. The van der Waals surface area contributed by atoms with Crippen molar-refractivity contribution in [2.24, 2.45) is 0 Å². The monoisotopic (exact) mass is 680 g/mol. The molecular weight excluding hydrogens is 621 g/mol. The summed E-state index contributed by atoms with van der Waals surface area (Å²) >= 11 is 0. The number of benzene rings is 4. The van der Waals surface area contributed by atoms with Gasteiger partial charge in [0.1, 0.15) is 5.75 Å². The largest absolute Gasteiger partial charge is 0.496 e. The van der Waals surface area contributed by atoms with Gasteiger partial charge in [-0.15, -0.1) is 0 Å². The lowest BCUT2D eigenvalue weighted by Crippen LogP contribution is -2.42. The summed E-state index contributed by atoms with van der Waals surface area (Å²) < 4.78 is 6.30. The summed E-state index contributed by atoms with van der Waals surface area (Å²) in [6.45, 7) is 33.5. The topological polar surface area (TPSA) is 9.23 Å². The van der Waals surface area contributed by atoms with Crippen molar-refractivity contribution in [2.45, 2.75) is 124 Å². The predicted octanol–water partition coefficient (Wildman–Crippen LogP) is 13.7. The van der Waals surface area contributed by atoms with Gasteiger partial charge in [0.15, 0.2) is 0 Å². The highest BCUT2D eigenvalue weighted by molar-refractivity contribution is 6.81. The molecule has 0 amide bonds. The maximum Gasteiger partial charge on any atom is 0.131 e. The van der Waals surface area contributed by atoms with Crippen LogP contribution in [0.1, 0.15) is 132 Å². The van der Waals surface area contributed by atoms with Gasteiger partial charge in [0.2, 0.25) is 0 Å². The molecule has 50 heavy (non-hydrogen) atoms. The molecular formula is C48H60OSi. The number of fused-ring (bicyclic) bond motifs is 2. The zero-order chi connectivity index (χ0) is 36.7. The summed E-state index contributed by atoms with van der Waals surface area (Å²) in [5, 5.41) is 0. The van der Waals surface area contributed by atoms with Crippen LogP contribution >= 0.6 is 0 Å². The fraction of sp³-hybridized carbons (Fsp3) is 0.417. The average molecular weight is 681 g/mol. The van der Waals surface area contributed by atoms with E-state index in [-0.39, 0.29) is 16.2 Å². The highest BCUT2D eigenvalue weighted by atomic mass is 28.3. The van der Waals surface area contributed by atoms with Gasteiger partial charge in [-0.25, -0.2) is 0 Å². The standard InChI is InChI=1S/C48H60OSi/c1-29-21-22-36(33-25-34(46(4,5)6)27-35(26-33)47(7,8)9)37-24-31(3)45(41(29)37)50(14,15)44-30(2)23-38-39(44)28-40(48(10,11)12)43(49-13)42(38)32-19-17-16-18-20-32/h16-28,44-45H,1-15H3. The Hall–Kier alpha value is -3.62.